The fraction of sp³-hybridized carbons (Fsp3) is 0.136. The Labute approximate surface area is 167 Å². The van der Waals surface area contributed by atoms with Gasteiger partial charge in [0.25, 0.3) is 0 Å². The highest BCUT2D eigenvalue weighted by molar-refractivity contribution is 7.99. The molecule has 0 atom stereocenters. The Balaban J connectivity index is 1.68. The minimum absolute atomic E-state index is 0.220. The third-order valence-electron chi connectivity index (χ3n) is 4.00. The fourth-order valence-corrected chi connectivity index (χ4v) is 3.56. The smallest absolute Gasteiger partial charge is 0.335 e. The molecule has 0 amide bonds. The molecule has 1 aromatic heterocycles. The maximum atomic E-state index is 10.9. The van der Waals surface area contributed by atoms with E-state index in [0.717, 1.165) is 16.8 Å². The first kappa shape index (κ1) is 19.5. The van der Waals surface area contributed by atoms with Crippen LogP contribution in [-0.4, -0.2) is 28.4 Å². The molecule has 28 heavy (non-hydrogen) atoms. The Bertz CT molecular complexity index is 1010. The number of aromatic nitrogens is 1. The molecule has 0 radical (unpaired) electrons. The van der Waals surface area contributed by atoms with Crippen LogP contribution in [0.2, 0.25) is 0 Å². The second-order valence-electron chi connectivity index (χ2n) is 6.00. The number of carboxylic acids is 1. The van der Waals surface area contributed by atoms with E-state index in [1.165, 1.54) is 23.9 Å². The van der Waals surface area contributed by atoms with Crippen molar-refractivity contribution in [3.8, 4) is 22.9 Å². The van der Waals surface area contributed by atoms with Crippen molar-refractivity contribution in [3.63, 3.8) is 0 Å². The van der Waals surface area contributed by atoms with E-state index in [-0.39, 0.29) is 5.56 Å². The number of hydrogen-bond donors (Lipinski definition) is 1. The molecule has 140 valence electrons. The number of nitrogens with zero attached hydrogens (tertiary/aromatic N) is 2. The van der Waals surface area contributed by atoms with Gasteiger partial charge in [0.05, 0.1) is 17.7 Å². The van der Waals surface area contributed by atoms with Gasteiger partial charge >= 0.3 is 5.97 Å². The van der Waals surface area contributed by atoms with E-state index in [4.69, 9.17) is 9.84 Å². The maximum absolute atomic E-state index is 10.9. The van der Waals surface area contributed by atoms with Crippen LogP contribution in [0.25, 0.3) is 11.1 Å². The van der Waals surface area contributed by atoms with Crippen LogP contribution in [0, 0.1) is 18.3 Å². The number of thioether (sulfide) groups is 1. The quantitative estimate of drug-likeness (QED) is 0.461. The predicted octanol–water partition coefficient (Wildman–Crippen LogP) is 4.80. The van der Waals surface area contributed by atoms with Crippen molar-refractivity contribution in [2.75, 3.05) is 12.4 Å². The fourth-order valence-electron chi connectivity index (χ4n) is 2.69. The second kappa shape index (κ2) is 9.07. The number of aromatic carboxylic acids is 1. The van der Waals surface area contributed by atoms with Gasteiger partial charge in [-0.3, -0.25) is 0 Å². The number of rotatable bonds is 7. The summed E-state index contributed by atoms with van der Waals surface area (Å²) in [6.07, 6.45) is 0. The van der Waals surface area contributed by atoms with Crippen molar-refractivity contribution in [2.24, 2.45) is 0 Å². The molecule has 1 N–H and O–H groups in total. The van der Waals surface area contributed by atoms with Crippen LogP contribution in [0.15, 0.2) is 65.7 Å². The van der Waals surface area contributed by atoms with Crippen LogP contribution in [-0.2, 0) is 0 Å². The summed E-state index contributed by atoms with van der Waals surface area (Å²) in [6, 6.07) is 20.3. The molecular weight excluding hydrogens is 372 g/mol. The van der Waals surface area contributed by atoms with Crippen LogP contribution in [0.1, 0.15) is 21.6 Å². The van der Waals surface area contributed by atoms with Crippen molar-refractivity contribution in [1.82, 2.24) is 4.98 Å². The average Bonchev–Trinajstić information content (AvgIpc) is 2.71. The summed E-state index contributed by atoms with van der Waals surface area (Å²) in [7, 11) is 0. The van der Waals surface area contributed by atoms with Gasteiger partial charge in [0.1, 0.15) is 16.8 Å². The Morgan fingerprint density at radius 1 is 1.18 bits per heavy atom. The summed E-state index contributed by atoms with van der Waals surface area (Å²) in [6.45, 7) is 2.33. The van der Waals surface area contributed by atoms with Crippen LogP contribution in [0.5, 0.6) is 5.75 Å². The van der Waals surface area contributed by atoms with E-state index in [2.05, 4.69) is 11.1 Å². The summed E-state index contributed by atoms with van der Waals surface area (Å²) in [5.74, 6) is 0.249. The molecule has 6 heteroatoms. The molecule has 0 fully saturated rings. The number of pyridine rings is 1. The highest BCUT2D eigenvalue weighted by atomic mass is 32.2. The summed E-state index contributed by atoms with van der Waals surface area (Å²) in [5, 5.41) is 19.3. The van der Waals surface area contributed by atoms with Gasteiger partial charge in [-0.2, -0.15) is 5.26 Å². The Morgan fingerprint density at radius 2 is 1.89 bits per heavy atom. The van der Waals surface area contributed by atoms with E-state index in [9.17, 15) is 10.1 Å². The van der Waals surface area contributed by atoms with Crippen molar-refractivity contribution in [2.45, 2.75) is 11.9 Å². The van der Waals surface area contributed by atoms with E-state index in [1.54, 1.807) is 12.1 Å². The molecule has 0 bridgehead atoms. The molecule has 5 nitrogen and oxygen atoms in total. The monoisotopic (exact) mass is 390 g/mol. The lowest BCUT2D eigenvalue weighted by molar-refractivity contribution is 0.0697. The molecular formula is C22H18N2O3S. The second-order valence-corrected chi connectivity index (χ2v) is 7.08. The largest absolute Gasteiger partial charge is 0.493 e. The third-order valence-corrected chi connectivity index (χ3v) is 4.94. The normalized spacial score (nSPS) is 10.3. The number of nitriles is 1. The number of hydrogen-bond acceptors (Lipinski definition) is 5. The molecule has 2 aromatic carbocycles. The van der Waals surface area contributed by atoms with Crippen molar-refractivity contribution in [1.29, 1.82) is 5.26 Å². The van der Waals surface area contributed by atoms with Crippen LogP contribution >= 0.6 is 11.8 Å². The first-order chi connectivity index (χ1) is 13.6. The lowest BCUT2D eigenvalue weighted by Crippen LogP contribution is -2.03. The van der Waals surface area contributed by atoms with Gasteiger partial charge in [-0.05, 0) is 42.8 Å². The lowest BCUT2D eigenvalue weighted by atomic mass is 10.0. The van der Waals surface area contributed by atoms with Gasteiger partial charge in [0, 0.05) is 17.0 Å². The van der Waals surface area contributed by atoms with E-state index in [0.29, 0.717) is 28.7 Å². The summed E-state index contributed by atoms with van der Waals surface area (Å²) in [4.78, 5) is 15.4. The van der Waals surface area contributed by atoms with Crippen molar-refractivity contribution >= 4 is 17.7 Å². The van der Waals surface area contributed by atoms with Gasteiger partial charge in [-0.15, -0.1) is 11.8 Å². The van der Waals surface area contributed by atoms with E-state index in [1.807, 2.05) is 43.3 Å². The zero-order valence-corrected chi connectivity index (χ0v) is 16.1. The number of aryl methyl sites for hydroxylation is 1. The molecule has 0 aliphatic rings. The van der Waals surface area contributed by atoms with E-state index < -0.39 is 5.97 Å². The van der Waals surface area contributed by atoms with Gasteiger partial charge in [-0.25, -0.2) is 9.78 Å². The predicted molar refractivity (Wildman–Crippen MR) is 109 cm³/mol. The zero-order valence-electron chi connectivity index (χ0n) is 15.3. The Kier molecular flexibility index (Phi) is 6.30. The SMILES string of the molecule is Cc1cc(-c2ccccc2)c(C#N)c(SCCOc2ccc(C(=O)O)cc2)n1. The minimum Gasteiger partial charge on any atom is -0.493 e. The first-order valence-corrected chi connectivity index (χ1v) is 9.63. The van der Waals surface area contributed by atoms with Crippen LogP contribution < -0.4 is 4.74 Å². The standard InChI is InChI=1S/C22H18N2O3S/c1-15-13-19(16-5-3-2-4-6-16)20(14-23)21(24-15)28-12-11-27-18-9-7-17(8-10-18)22(25)26/h2-10,13H,11-12H2,1H3,(H,25,26). The molecule has 0 saturated heterocycles. The number of benzene rings is 2. The molecule has 0 unspecified atom stereocenters. The lowest BCUT2D eigenvalue weighted by Gasteiger charge is -2.11. The first-order valence-electron chi connectivity index (χ1n) is 8.64. The van der Waals surface area contributed by atoms with E-state index >= 15 is 0 Å². The zero-order chi connectivity index (χ0) is 19.9. The van der Waals surface area contributed by atoms with Crippen LogP contribution in [0.3, 0.4) is 0 Å². The third kappa shape index (κ3) is 4.70. The Hall–Kier alpha value is -3.30. The summed E-state index contributed by atoms with van der Waals surface area (Å²) < 4.78 is 5.66. The molecule has 0 aliphatic heterocycles. The van der Waals surface area contributed by atoms with Crippen molar-refractivity contribution in [3.05, 3.63) is 77.5 Å². The number of carbonyl (C=O) groups is 1. The molecule has 3 aromatic rings. The minimum atomic E-state index is -0.967. The van der Waals surface area contributed by atoms with Crippen LogP contribution in [0.4, 0.5) is 0 Å². The van der Waals surface area contributed by atoms with Gasteiger partial charge in [-0.1, -0.05) is 30.3 Å². The topological polar surface area (TPSA) is 83.2 Å². The highest BCUT2D eigenvalue weighted by Crippen LogP contribution is 2.30. The van der Waals surface area contributed by atoms with Gasteiger partial charge < -0.3 is 9.84 Å². The number of carboxylic acid groups (broad SMARTS) is 1. The molecule has 0 aliphatic carbocycles. The van der Waals surface area contributed by atoms with Gasteiger partial charge in [0.15, 0.2) is 0 Å². The Morgan fingerprint density at radius 3 is 2.54 bits per heavy atom. The summed E-state index contributed by atoms with van der Waals surface area (Å²) >= 11 is 1.47. The molecule has 0 saturated carbocycles. The molecule has 1 heterocycles. The average molecular weight is 390 g/mol. The highest BCUT2D eigenvalue weighted by Gasteiger charge is 2.13. The summed E-state index contributed by atoms with van der Waals surface area (Å²) in [5.41, 5.74) is 3.50. The maximum Gasteiger partial charge on any atom is 0.335 e. The molecule has 0 spiro atoms. The van der Waals surface area contributed by atoms with Crippen molar-refractivity contribution < 1.29 is 14.6 Å². The molecule has 3 rings (SSSR count). The number of ether oxygens (including phenoxy) is 1. The van der Waals surface area contributed by atoms with Gasteiger partial charge in [0.2, 0.25) is 0 Å².